The molecule has 8 nitrogen and oxygen atoms in total. The maximum atomic E-state index is 13.6. The van der Waals surface area contributed by atoms with E-state index in [1.807, 2.05) is 0 Å². The fourth-order valence-electron chi connectivity index (χ4n) is 3.54. The molecule has 1 saturated heterocycles. The SMILES string of the molecule is COc1cccc(S[C@H]2OC(CO)[C@H](O)[C@H](n3cc(-c4cc(F)c(F)c(F)c4)nn3)C2O)c1. The molecule has 5 atom stereocenters. The molecule has 2 unspecified atom stereocenters. The van der Waals surface area contributed by atoms with Crippen LogP contribution in [0.4, 0.5) is 13.2 Å². The average Bonchev–Trinajstić information content (AvgIpc) is 3.29. The zero-order chi connectivity index (χ0) is 23.7. The van der Waals surface area contributed by atoms with Crippen molar-refractivity contribution < 1.29 is 38.0 Å². The summed E-state index contributed by atoms with van der Waals surface area (Å²) in [6.07, 6.45) is -2.47. The molecular formula is C21H20F3N3O5S. The molecule has 0 bridgehead atoms. The second kappa shape index (κ2) is 9.69. The molecule has 1 aromatic heterocycles. The number of ether oxygens (including phenoxy) is 2. The van der Waals surface area contributed by atoms with Crippen LogP contribution in [0.3, 0.4) is 0 Å². The van der Waals surface area contributed by atoms with Crippen LogP contribution in [0.2, 0.25) is 0 Å². The van der Waals surface area contributed by atoms with Gasteiger partial charge in [-0.25, -0.2) is 17.9 Å². The molecule has 0 saturated carbocycles. The van der Waals surface area contributed by atoms with Crippen molar-refractivity contribution in [1.29, 1.82) is 0 Å². The first-order valence-electron chi connectivity index (χ1n) is 9.82. The molecule has 3 N–H and O–H groups in total. The minimum absolute atomic E-state index is 0.00348. The number of aliphatic hydroxyl groups excluding tert-OH is 3. The summed E-state index contributed by atoms with van der Waals surface area (Å²) in [5.41, 5.74) is -0.984. The van der Waals surface area contributed by atoms with E-state index < -0.39 is 53.8 Å². The quantitative estimate of drug-likeness (QED) is 0.458. The summed E-state index contributed by atoms with van der Waals surface area (Å²) in [4.78, 5) is 0.710. The van der Waals surface area contributed by atoms with Crippen molar-refractivity contribution in [2.45, 2.75) is 34.7 Å². The van der Waals surface area contributed by atoms with Crippen LogP contribution in [0.1, 0.15) is 6.04 Å². The van der Waals surface area contributed by atoms with E-state index in [-0.39, 0.29) is 11.3 Å². The van der Waals surface area contributed by atoms with Crippen LogP contribution in [0.25, 0.3) is 11.3 Å². The van der Waals surface area contributed by atoms with E-state index in [9.17, 15) is 28.5 Å². The average molecular weight is 483 g/mol. The van der Waals surface area contributed by atoms with Crippen LogP contribution in [0, 0.1) is 17.5 Å². The Bertz CT molecular complexity index is 1110. The predicted octanol–water partition coefficient (Wildman–Crippen LogP) is 2.14. The number of rotatable bonds is 6. The first kappa shape index (κ1) is 23.5. The Morgan fingerprint density at radius 1 is 1.12 bits per heavy atom. The molecule has 2 aromatic carbocycles. The number of nitrogens with zero attached hydrogens (tertiary/aromatic N) is 3. The van der Waals surface area contributed by atoms with E-state index in [2.05, 4.69) is 10.3 Å². The second-order valence-electron chi connectivity index (χ2n) is 7.33. The van der Waals surface area contributed by atoms with Gasteiger partial charge in [0.05, 0.1) is 19.9 Å². The lowest BCUT2D eigenvalue weighted by molar-refractivity contribution is -0.178. The van der Waals surface area contributed by atoms with Crippen molar-refractivity contribution in [3.63, 3.8) is 0 Å². The van der Waals surface area contributed by atoms with Gasteiger partial charge < -0.3 is 24.8 Å². The molecule has 1 aliphatic heterocycles. The highest BCUT2D eigenvalue weighted by Gasteiger charge is 2.46. The molecule has 176 valence electrons. The highest BCUT2D eigenvalue weighted by molar-refractivity contribution is 7.99. The summed E-state index contributed by atoms with van der Waals surface area (Å²) in [5.74, 6) is -3.79. The summed E-state index contributed by atoms with van der Waals surface area (Å²) < 4.78 is 52.5. The Balaban J connectivity index is 1.63. The number of aliphatic hydroxyl groups is 3. The molecule has 33 heavy (non-hydrogen) atoms. The Labute approximate surface area is 190 Å². The third kappa shape index (κ3) is 4.70. The van der Waals surface area contributed by atoms with E-state index in [4.69, 9.17) is 9.47 Å². The minimum atomic E-state index is -1.61. The lowest BCUT2D eigenvalue weighted by atomic mass is 9.97. The van der Waals surface area contributed by atoms with Gasteiger partial charge in [0.25, 0.3) is 0 Å². The summed E-state index contributed by atoms with van der Waals surface area (Å²) in [7, 11) is 1.52. The van der Waals surface area contributed by atoms with Gasteiger partial charge in [-0.2, -0.15) is 0 Å². The van der Waals surface area contributed by atoms with Crippen molar-refractivity contribution in [1.82, 2.24) is 15.0 Å². The number of thioether (sulfide) groups is 1. The van der Waals surface area contributed by atoms with Crippen LogP contribution in [0.5, 0.6) is 5.75 Å². The Kier molecular flexibility index (Phi) is 6.91. The van der Waals surface area contributed by atoms with Gasteiger partial charge in [-0.1, -0.05) is 23.0 Å². The maximum Gasteiger partial charge on any atom is 0.194 e. The number of hydrogen-bond acceptors (Lipinski definition) is 8. The van der Waals surface area contributed by atoms with Gasteiger partial charge in [-0.3, -0.25) is 0 Å². The van der Waals surface area contributed by atoms with E-state index in [0.717, 1.165) is 28.6 Å². The third-order valence-electron chi connectivity index (χ3n) is 5.24. The van der Waals surface area contributed by atoms with E-state index in [1.54, 1.807) is 24.3 Å². The number of benzene rings is 2. The van der Waals surface area contributed by atoms with E-state index in [1.165, 1.54) is 13.3 Å². The first-order chi connectivity index (χ1) is 15.8. The van der Waals surface area contributed by atoms with Crippen molar-refractivity contribution in [3.05, 3.63) is 60.0 Å². The smallest absolute Gasteiger partial charge is 0.194 e. The Morgan fingerprint density at radius 2 is 1.85 bits per heavy atom. The Morgan fingerprint density at radius 3 is 2.52 bits per heavy atom. The molecule has 2 heterocycles. The van der Waals surface area contributed by atoms with Crippen LogP contribution >= 0.6 is 11.8 Å². The van der Waals surface area contributed by atoms with Gasteiger partial charge in [-0.15, -0.1) is 5.10 Å². The van der Waals surface area contributed by atoms with Crippen LogP contribution in [-0.4, -0.2) is 67.8 Å². The fraction of sp³-hybridized carbons (Fsp3) is 0.333. The van der Waals surface area contributed by atoms with Gasteiger partial charge in [-0.05, 0) is 30.3 Å². The summed E-state index contributed by atoms with van der Waals surface area (Å²) in [5, 5.41) is 39.1. The fourth-order valence-corrected chi connectivity index (χ4v) is 4.65. The highest BCUT2D eigenvalue weighted by atomic mass is 32.2. The number of halogens is 3. The lowest BCUT2D eigenvalue weighted by Gasteiger charge is -2.41. The number of hydrogen-bond donors (Lipinski definition) is 3. The van der Waals surface area contributed by atoms with Crippen molar-refractivity contribution >= 4 is 11.8 Å². The lowest BCUT2D eigenvalue weighted by Crippen LogP contribution is -2.55. The van der Waals surface area contributed by atoms with Gasteiger partial charge in [0.2, 0.25) is 0 Å². The normalized spacial score (nSPS) is 25.2. The van der Waals surface area contributed by atoms with Gasteiger partial charge in [0.1, 0.15) is 41.2 Å². The summed E-state index contributed by atoms with van der Waals surface area (Å²) in [6.45, 7) is -0.532. The van der Waals surface area contributed by atoms with Gasteiger partial charge in [0, 0.05) is 10.5 Å². The Hall–Kier alpha value is -2.64. The maximum absolute atomic E-state index is 13.6. The minimum Gasteiger partial charge on any atom is -0.497 e. The number of aromatic nitrogens is 3. The van der Waals surface area contributed by atoms with Gasteiger partial charge in [0.15, 0.2) is 17.5 Å². The molecule has 12 heteroatoms. The largest absolute Gasteiger partial charge is 0.497 e. The zero-order valence-corrected chi connectivity index (χ0v) is 18.0. The first-order valence-corrected chi connectivity index (χ1v) is 10.7. The number of methoxy groups -OCH3 is 1. The molecule has 0 amide bonds. The van der Waals surface area contributed by atoms with Crippen molar-refractivity contribution in [2.75, 3.05) is 13.7 Å². The molecule has 0 aliphatic carbocycles. The van der Waals surface area contributed by atoms with Crippen molar-refractivity contribution in [3.8, 4) is 17.0 Å². The standard InChI is InChI=1S/C21H20F3N3O5S/c1-31-11-3-2-4-12(7-11)33-21-20(30)18(19(29)16(9-28)32-21)27-8-15(25-26-27)10-5-13(22)17(24)14(23)6-10/h2-8,16,18-21,28-30H,9H2,1H3/t16?,18-,19-,20?,21+/m0/s1. The summed E-state index contributed by atoms with van der Waals surface area (Å²) in [6, 6.07) is 7.46. The molecule has 0 spiro atoms. The van der Waals surface area contributed by atoms with Crippen LogP contribution in [0.15, 0.2) is 47.5 Å². The van der Waals surface area contributed by atoms with Crippen molar-refractivity contribution in [2.24, 2.45) is 0 Å². The molecule has 1 fully saturated rings. The van der Waals surface area contributed by atoms with Crippen LogP contribution < -0.4 is 4.74 Å². The van der Waals surface area contributed by atoms with E-state index in [0.29, 0.717) is 10.6 Å². The third-order valence-corrected chi connectivity index (χ3v) is 6.39. The van der Waals surface area contributed by atoms with Gasteiger partial charge >= 0.3 is 0 Å². The molecular weight excluding hydrogens is 463 g/mol. The molecule has 0 radical (unpaired) electrons. The zero-order valence-electron chi connectivity index (χ0n) is 17.2. The van der Waals surface area contributed by atoms with E-state index >= 15 is 0 Å². The molecule has 3 aromatic rings. The monoisotopic (exact) mass is 483 g/mol. The predicted molar refractivity (Wildman–Crippen MR) is 111 cm³/mol. The second-order valence-corrected chi connectivity index (χ2v) is 8.50. The molecule has 4 rings (SSSR count). The highest BCUT2D eigenvalue weighted by Crippen LogP contribution is 2.39. The summed E-state index contributed by atoms with van der Waals surface area (Å²) >= 11 is 1.15. The topological polar surface area (TPSA) is 110 Å². The molecule has 1 aliphatic rings. The van der Waals surface area contributed by atoms with Crippen LogP contribution in [-0.2, 0) is 4.74 Å².